The van der Waals surface area contributed by atoms with Gasteiger partial charge in [-0.25, -0.2) is 0 Å². The SMILES string of the molecule is CC1(C)C#Cc2ccccc2SC1. The van der Waals surface area contributed by atoms with Crippen molar-refractivity contribution in [3.63, 3.8) is 0 Å². The lowest BCUT2D eigenvalue weighted by atomic mass is 9.97. The molecule has 1 aliphatic rings. The molecule has 0 atom stereocenters. The molecule has 0 saturated heterocycles. The van der Waals surface area contributed by atoms with Gasteiger partial charge in [0.1, 0.15) is 0 Å². The highest BCUT2D eigenvalue weighted by molar-refractivity contribution is 7.99. The Bertz CT molecular complexity index is 380. The Balaban J connectivity index is 2.44. The van der Waals surface area contributed by atoms with Gasteiger partial charge in [0.2, 0.25) is 0 Å². The summed E-state index contributed by atoms with van der Waals surface area (Å²) in [5, 5.41) is 0. The molecule has 0 fully saturated rings. The molecule has 0 amide bonds. The van der Waals surface area contributed by atoms with E-state index in [2.05, 4.69) is 43.9 Å². The highest BCUT2D eigenvalue weighted by Crippen LogP contribution is 2.31. The van der Waals surface area contributed by atoms with Gasteiger partial charge in [0.05, 0.1) is 0 Å². The van der Waals surface area contributed by atoms with Crippen LogP contribution < -0.4 is 0 Å². The molecule has 0 N–H and O–H groups in total. The number of rotatable bonds is 0. The summed E-state index contributed by atoms with van der Waals surface area (Å²) in [6.07, 6.45) is 0. The summed E-state index contributed by atoms with van der Waals surface area (Å²) in [5.41, 5.74) is 1.32. The van der Waals surface area contributed by atoms with Gasteiger partial charge in [0.15, 0.2) is 0 Å². The molecule has 1 heteroatoms. The summed E-state index contributed by atoms with van der Waals surface area (Å²) in [7, 11) is 0. The first-order chi connectivity index (χ1) is 6.17. The molecule has 66 valence electrons. The molecule has 0 unspecified atom stereocenters. The molecule has 0 nitrogen and oxygen atoms in total. The van der Waals surface area contributed by atoms with Crippen LogP contribution in [0.3, 0.4) is 0 Å². The maximum absolute atomic E-state index is 3.31. The molecule has 0 radical (unpaired) electrons. The number of hydrogen-bond acceptors (Lipinski definition) is 1. The summed E-state index contributed by atoms with van der Waals surface area (Å²) in [6.45, 7) is 4.39. The van der Waals surface area contributed by atoms with E-state index in [9.17, 15) is 0 Å². The highest BCUT2D eigenvalue weighted by Gasteiger charge is 2.17. The van der Waals surface area contributed by atoms with E-state index in [1.165, 1.54) is 10.5 Å². The topological polar surface area (TPSA) is 0 Å². The van der Waals surface area contributed by atoms with Crippen LogP contribution in [0.2, 0.25) is 0 Å². The molecule has 2 rings (SSSR count). The standard InChI is InChI=1S/C12H12S/c1-12(2)8-7-10-5-3-4-6-11(10)13-9-12/h3-6H,9H2,1-2H3. The zero-order chi connectivity index (χ0) is 9.31. The fourth-order valence-corrected chi connectivity index (χ4v) is 2.26. The zero-order valence-corrected chi connectivity index (χ0v) is 8.74. The largest absolute Gasteiger partial charge is 0.123 e. The van der Waals surface area contributed by atoms with Crippen LogP contribution >= 0.6 is 11.8 Å². The molecule has 0 saturated carbocycles. The van der Waals surface area contributed by atoms with E-state index in [1.54, 1.807) is 0 Å². The molecule has 1 aromatic carbocycles. The number of thioether (sulfide) groups is 1. The molecule has 0 aliphatic carbocycles. The first kappa shape index (κ1) is 8.72. The van der Waals surface area contributed by atoms with Crippen molar-refractivity contribution in [2.75, 3.05) is 5.75 Å². The summed E-state index contributed by atoms with van der Waals surface area (Å²) < 4.78 is 0. The molecular weight excluding hydrogens is 176 g/mol. The average Bonchev–Trinajstić information content (AvgIpc) is 2.27. The second-order valence-electron chi connectivity index (χ2n) is 3.92. The second kappa shape index (κ2) is 3.12. The lowest BCUT2D eigenvalue weighted by molar-refractivity contribution is 0.584. The molecule has 1 heterocycles. The molecular formula is C12H12S. The van der Waals surface area contributed by atoms with Crippen LogP contribution in [0.1, 0.15) is 19.4 Å². The summed E-state index contributed by atoms with van der Waals surface area (Å²) in [5.74, 6) is 7.63. The van der Waals surface area contributed by atoms with Crippen molar-refractivity contribution in [1.29, 1.82) is 0 Å². The van der Waals surface area contributed by atoms with Crippen LogP contribution in [0.15, 0.2) is 29.2 Å². The van der Waals surface area contributed by atoms with Crippen molar-refractivity contribution in [2.45, 2.75) is 18.7 Å². The maximum Gasteiger partial charge on any atom is 0.0381 e. The Morgan fingerprint density at radius 2 is 2.08 bits per heavy atom. The lowest BCUT2D eigenvalue weighted by Gasteiger charge is -2.14. The molecule has 0 bridgehead atoms. The number of benzene rings is 1. The van der Waals surface area contributed by atoms with Gasteiger partial charge in [0, 0.05) is 21.6 Å². The van der Waals surface area contributed by atoms with Crippen LogP contribution in [0.5, 0.6) is 0 Å². The van der Waals surface area contributed by atoms with E-state index in [0.717, 1.165) is 5.75 Å². The molecule has 13 heavy (non-hydrogen) atoms. The van der Waals surface area contributed by atoms with Crippen molar-refractivity contribution in [1.82, 2.24) is 0 Å². The highest BCUT2D eigenvalue weighted by atomic mass is 32.2. The summed E-state index contributed by atoms with van der Waals surface area (Å²) in [4.78, 5) is 1.32. The van der Waals surface area contributed by atoms with Crippen LogP contribution in [0, 0.1) is 17.3 Å². The smallest absolute Gasteiger partial charge is 0.0381 e. The van der Waals surface area contributed by atoms with E-state index < -0.39 is 0 Å². The Morgan fingerprint density at radius 1 is 1.31 bits per heavy atom. The Kier molecular flexibility index (Phi) is 2.09. The predicted molar refractivity (Wildman–Crippen MR) is 57.8 cm³/mol. The van der Waals surface area contributed by atoms with Crippen molar-refractivity contribution in [3.05, 3.63) is 29.8 Å². The average molecular weight is 188 g/mol. The zero-order valence-electron chi connectivity index (χ0n) is 7.92. The summed E-state index contributed by atoms with van der Waals surface area (Å²) in [6, 6.07) is 8.37. The van der Waals surface area contributed by atoms with Crippen molar-refractivity contribution < 1.29 is 0 Å². The Hall–Kier alpha value is -0.870. The minimum atomic E-state index is 0.143. The number of hydrogen-bond donors (Lipinski definition) is 0. The fourth-order valence-electron chi connectivity index (χ4n) is 1.23. The first-order valence-corrected chi connectivity index (χ1v) is 5.41. The van der Waals surface area contributed by atoms with E-state index in [-0.39, 0.29) is 5.41 Å². The van der Waals surface area contributed by atoms with Gasteiger partial charge in [-0.05, 0) is 26.0 Å². The lowest BCUT2D eigenvalue weighted by Crippen LogP contribution is -2.10. The van der Waals surface area contributed by atoms with Gasteiger partial charge in [-0.1, -0.05) is 24.0 Å². The normalized spacial score (nSPS) is 18.0. The molecule has 0 aromatic heterocycles. The van der Waals surface area contributed by atoms with Crippen molar-refractivity contribution in [2.24, 2.45) is 5.41 Å². The predicted octanol–water partition coefficient (Wildman–Crippen LogP) is 3.17. The van der Waals surface area contributed by atoms with E-state index in [1.807, 2.05) is 17.8 Å². The van der Waals surface area contributed by atoms with Gasteiger partial charge >= 0.3 is 0 Å². The van der Waals surface area contributed by atoms with Crippen molar-refractivity contribution in [3.8, 4) is 11.8 Å². The monoisotopic (exact) mass is 188 g/mol. The van der Waals surface area contributed by atoms with Gasteiger partial charge in [-0.2, -0.15) is 0 Å². The minimum absolute atomic E-state index is 0.143. The van der Waals surface area contributed by atoms with Crippen LogP contribution in [0.25, 0.3) is 0 Å². The van der Waals surface area contributed by atoms with E-state index in [4.69, 9.17) is 0 Å². The minimum Gasteiger partial charge on any atom is -0.123 e. The quantitative estimate of drug-likeness (QED) is 0.563. The molecule has 1 aliphatic heterocycles. The van der Waals surface area contributed by atoms with Crippen molar-refractivity contribution >= 4 is 11.8 Å². The Labute approximate surface area is 83.7 Å². The van der Waals surface area contributed by atoms with E-state index in [0.29, 0.717) is 0 Å². The Morgan fingerprint density at radius 3 is 2.92 bits per heavy atom. The third-order valence-corrected chi connectivity index (χ3v) is 3.54. The molecule has 1 aromatic rings. The molecule has 0 spiro atoms. The van der Waals surface area contributed by atoms with Crippen LogP contribution in [-0.4, -0.2) is 5.75 Å². The maximum atomic E-state index is 3.31. The van der Waals surface area contributed by atoms with E-state index >= 15 is 0 Å². The number of fused-ring (bicyclic) bond motifs is 1. The first-order valence-electron chi connectivity index (χ1n) is 4.42. The third-order valence-electron chi connectivity index (χ3n) is 2.01. The van der Waals surface area contributed by atoms with Gasteiger partial charge in [-0.15, -0.1) is 11.8 Å². The van der Waals surface area contributed by atoms with Gasteiger partial charge in [0.25, 0.3) is 0 Å². The van der Waals surface area contributed by atoms with Crippen LogP contribution in [-0.2, 0) is 0 Å². The summed E-state index contributed by atoms with van der Waals surface area (Å²) >= 11 is 1.89. The van der Waals surface area contributed by atoms with Gasteiger partial charge < -0.3 is 0 Å². The second-order valence-corrected chi connectivity index (χ2v) is 4.94. The third kappa shape index (κ3) is 1.89. The van der Waals surface area contributed by atoms with Crippen LogP contribution in [0.4, 0.5) is 0 Å². The fraction of sp³-hybridized carbons (Fsp3) is 0.333. The van der Waals surface area contributed by atoms with Gasteiger partial charge in [-0.3, -0.25) is 0 Å².